The molecular formula is C23H29N3O. The lowest BCUT2D eigenvalue weighted by Gasteiger charge is -2.32. The Kier molecular flexibility index (Phi) is 5.17. The predicted molar refractivity (Wildman–Crippen MR) is 110 cm³/mol. The summed E-state index contributed by atoms with van der Waals surface area (Å²) in [4.78, 5) is 14.7. The summed E-state index contributed by atoms with van der Waals surface area (Å²) in [5.41, 5.74) is 6.47. The van der Waals surface area contributed by atoms with Crippen LogP contribution in [0.25, 0.3) is 0 Å². The smallest absolute Gasteiger partial charge is 0.320 e. The number of rotatable bonds is 3. The van der Waals surface area contributed by atoms with Gasteiger partial charge >= 0.3 is 6.03 Å². The van der Waals surface area contributed by atoms with E-state index in [4.69, 9.17) is 0 Å². The van der Waals surface area contributed by atoms with E-state index in [1.807, 2.05) is 35.2 Å². The Morgan fingerprint density at radius 1 is 1.22 bits per heavy atom. The van der Waals surface area contributed by atoms with Crippen LogP contribution in [0.15, 0.2) is 42.5 Å². The molecule has 2 aliphatic rings. The molecule has 2 aromatic rings. The van der Waals surface area contributed by atoms with Gasteiger partial charge in [0.15, 0.2) is 0 Å². The van der Waals surface area contributed by atoms with Gasteiger partial charge in [0.25, 0.3) is 0 Å². The first-order valence-corrected chi connectivity index (χ1v) is 10.1. The minimum absolute atomic E-state index is 0.0117. The fourth-order valence-corrected chi connectivity index (χ4v) is 4.25. The highest BCUT2D eigenvalue weighted by Gasteiger charge is 2.27. The second-order valence-corrected chi connectivity index (χ2v) is 8.02. The molecular weight excluding hydrogens is 334 g/mol. The van der Waals surface area contributed by atoms with Crippen molar-refractivity contribution in [2.45, 2.75) is 51.6 Å². The summed E-state index contributed by atoms with van der Waals surface area (Å²) in [7, 11) is 0. The van der Waals surface area contributed by atoms with Crippen LogP contribution in [0.3, 0.4) is 0 Å². The van der Waals surface area contributed by atoms with Gasteiger partial charge in [0, 0.05) is 24.8 Å². The number of carbonyl (C=O) groups excluding carboxylic acids is 1. The maximum Gasteiger partial charge on any atom is 0.322 e. The third kappa shape index (κ3) is 3.86. The molecule has 27 heavy (non-hydrogen) atoms. The lowest BCUT2D eigenvalue weighted by molar-refractivity contribution is 0.206. The Labute approximate surface area is 162 Å². The number of benzene rings is 2. The zero-order valence-electron chi connectivity index (χ0n) is 16.3. The van der Waals surface area contributed by atoms with Crippen molar-refractivity contribution in [2.75, 3.05) is 18.4 Å². The lowest BCUT2D eigenvalue weighted by Crippen LogP contribution is -2.39. The highest BCUT2D eigenvalue weighted by molar-refractivity contribution is 5.89. The maximum absolute atomic E-state index is 12.7. The molecule has 1 atom stereocenters. The van der Waals surface area contributed by atoms with Crippen molar-refractivity contribution < 1.29 is 4.79 Å². The standard InChI is InChI=1S/C23H29N3O/c1-16(2)17-13-18-15-26(23(27)25-19-7-4-3-5-8-19)12-10-20(18)21(14-17)22-9-6-11-24-22/h3-5,7-8,13-14,16,22,24H,6,9-12,15H2,1-2H3,(H,25,27)/t22-/m0/s1. The van der Waals surface area contributed by atoms with Crippen LogP contribution in [-0.2, 0) is 13.0 Å². The fraction of sp³-hybridized carbons (Fsp3) is 0.435. The molecule has 142 valence electrons. The number of fused-ring (bicyclic) bond motifs is 1. The summed E-state index contributed by atoms with van der Waals surface area (Å²) in [5, 5.41) is 6.69. The number of urea groups is 1. The average molecular weight is 364 g/mol. The van der Waals surface area contributed by atoms with Crippen LogP contribution in [-0.4, -0.2) is 24.0 Å². The molecule has 2 N–H and O–H groups in total. The molecule has 2 aliphatic heterocycles. The maximum atomic E-state index is 12.7. The Hall–Kier alpha value is -2.33. The van der Waals surface area contributed by atoms with E-state index in [-0.39, 0.29) is 6.03 Å². The van der Waals surface area contributed by atoms with Crippen molar-refractivity contribution in [1.82, 2.24) is 10.2 Å². The first kappa shape index (κ1) is 18.1. The zero-order chi connectivity index (χ0) is 18.8. The summed E-state index contributed by atoms with van der Waals surface area (Å²) in [6.45, 7) is 7.06. The van der Waals surface area contributed by atoms with Crippen LogP contribution in [0.4, 0.5) is 10.5 Å². The quantitative estimate of drug-likeness (QED) is 0.821. The van der Waals surface area contributed by atoms with E-state index in [1.54, 1.807) is 0 Å². The van der Waals surface area contributed by atoms with Gasteiger partial charge < -0.3 is 15.5 Å². The molecule has 0 spiro atoms. The molecule has 1 saturated heterocycles. The van der Waals surface area contributed by atoms with E-state index < -0.39 is 0 Å². The number of anilines is 1. The monoisotopic (exact) mass is 363 g/mol. The van der Waals surface area contributed by atoms with Crippen LogP contribution in [0, 0.1) is 0 Å². The molecule has 1 fully saturated rings. The van der Waals surface area contributed by atoms with Gasteiger partial charge in [0.05, 0.1) is 0 Å². The summed E-state index contributed by atoms with van der Waals surface area (Å²) >= 11 is 0. The Morgan fingerprint density at radius 3 is 2.74 bits per heavy atom. The summed E-state index contributed by atoms with van der Waals surface area (Å²) in [5.74, 6) is 0.490. The van der Waals surface area contributed by atoms with Gasteiger partial charge in [-0.15, -0.1) is 0 Å². The van der Waals surface area contributed by atoms with Gasteiger partial charge in [-0.1, -0.05) is 44.2 Å². The second kappa shape index (κ2) is 7.73. The summed E-state index contributed by atoms with van der Waals surface area (Å²) in [6, 6.07) is 14.9. The van der Waals surface area contributed by atoms with Crippen molar-refractivity contribution >= 4 is 11.7 Å². The number of amides is 2. The van der Waals surface area contributed by atoms with E-state index in [2.05, 4.69) is 36.6 Å². The molecule has 4 rings (SSSR count). The van der Waals surface area contributed by atoms with Crippen molar-refractivity contribution in [2.24, 2.45) is 0 Å². The third-order valence-corrected chi connectivity index (χ3v) is 5.81. The third-order valence-electron chi connectivity index (χ3n) is 5.81. The molecule has 0 aliphatic carbocycles. The average Bonchev–Trinajstić information content (AvgIpc) is 3.22. The normalized spacial score (nSPS) is 19.2. The van der Waals surface area contributed by atoms with Crippen LogP contribution < -0.4 is 10.6 Å². The second-order valence-electron chi connectivity index (χ2n) is 8.02. The first-order chi connectivity index (χ1) is 13.1. The van der Waals surface area contributed by atoms with E-state index in [0.29, 0.717) is 18.5 Å². The van der Waals surface area contributed by atoms with Crippen molar-refractivity contribution in [3.63, 3.8) is 0 Å². The molecule has 2 aromatic carbocycles. The van der Waals surface area contributed by atoms with Crippen LogP contribution >= 0.6 is 0 Å². The first-order valence-electron chi connectivity index (χ1n) is 10.1. The Morgan fingerprint density at radius 2 is 2.04 bits per heavy atom. The van der Waals surface area contributed by atoms with E-state index in [0.717, 1.165) is 25.2 Å². The van der Waals surface area contributed by atoms with E-state index in [9.17, 15) is 4.79 Å². The summed E-state index contributed by atoms with van der Waals surface area (Å²) < 4.78 is 0. The molecule has 0 unspecified atom stereocenters. The molecule has 4 nitrogen and oxygen atoms in total. The van der Waals surface area contributed by atoms with Gasteiger partial charge in [-0.2, -0.15) is 0 Å². The van der Waals surface area contributed by atoms with Gasteiger partial charge in [0.2, 0.25) is 0 Å². The lowest BCUT2D eigenvalue weighted by atomic mass is 9.86. The molecule has 0 saturated carbocycles. The molecule has 0 bridgehead atoms. The highest BCUT2D eigenvalue weighted by Crippen LogP contribution is 2.34. The minimum Gasteiger partial charge on any atom is -0.320 e. The van der Waals surface area contributed by atoms with Gasteiger partial charge in [-0.25, -0.2) is 4.79 Å². The minimum atomic E-state index is -0.0117. The number of hydrogen-bond donors (Lipinski definition) is 2. The van der Waals surface area contributed by atoms with E-state index >= 15 is 0 Å². The zero-order valence-corrected chi connectivity index (χ0v) is 16.3. The van der Waals surface area contributed by atoms with Gasteiger partial charge in [-0.3, -0.25) is 0 Å². The number of nitrogens with one attached hydrogen (secondary N) is 2. The number of hydrogen-bond acceptors (Lipinski definition) is 2. The van der Waals surface area contributed by atoms with Crippen LogP contribution in [0.1, 0.15) is 60.9 Å². The van der Waals surface area contributed by atoms with E-state index in [1.165, 1.54) is 35.1 Å². The Bertz CT molecular complexity index is 810. The Balaban J connectivity index is 1.58. The number of nitrogens with zero attached hydrogens (tertiary/aromatic N) is 1. The van der Waals surface area contributed by atoms with Crippen LogP contribution in [0.2, 0.25) is 0 Å². The topological polar surface area (TPSA) is 44.4 Å². The number of carbonyl (C=O) groups is 1. The molecule has 0 radical (unpaired) electrons. The number of para-hydroxylation sites is 1. The largest absolute Gasteiger partial charge is 0.322 e. The molecule has 2 heterocycles. The molecule has 0 aromatic heterocycles. The van der Waals surface area contributed by atoms with Gasteiger partial charge in [0.1, 0.15) is 0 Å². The highest BCUT2D eigenvalue weighted by atomic mass is 16.2. The van der Waals surface area contributed by atoms with Crippen molar-refractivity contribution in [3.05, 3.63) is 64.7 Å². The predicted octanol–water partition coefficient (Wildman–Crippen LogP) is 4.82. The summed E-state index contributed by atoms with van der Waals surface area (Å²) in [6.07, 6.45) is 3.40. The SMILES string of the molecule is CC(C)c1cc2c(c([C@@H]3CCCN3)c1)CCN(C(=O)Nc1ccccc1)C2. The van der Waals surface area contributed by atoms with Crippen molar-refractivity contribution in [1.29, 1.82) is 0 Å². The van der Waals surface area contributed by atoms with Crippen LogP contribution in [0.5, 0.6) is 0 Å². The molecule has 2 amide bonds. The van der Waals surface area contributed by atoms with Crippen molar-refractivity contribution in [3.8, 4) is 0 Å². The molecule has 4 heteroatoms. The fourth-order valence-electron chi connectivity index (χ4n) is 4.25. The van der Waals surface area contributed by atoms with Gasteiger partial charge in [-0.05, 0) is 66.1 Å².